The van der Waals surface area contributed by atoms with Crippen molar-refractivity contribution in [1.29, 1.82) is 0 Å². The van der Waals surface area contributed by atoms with E-state index in [-0.39, 0.29) is 11.7 Å². The molecule has 1 saturated heterocycles. The van der Waals surface area contributed by atoms with Gasteiger partial charge in [0.2, 0.25) is 0 Å². The van der Waals surface area contributed by atoms with Crippen LogP contribution in [0.3, 0.4) is 0 Å². The summed E-state index contributed by atoms with van der Waals surface area (Å²) in [5.74, 6) is 1.02. The fourth-order valence-electron chi connectivity index (χ4n) is 3.02. The Labute approximate surface area is 152 Å². The van der Waals surface area contributed by atoms with Crippen LogP contribution in [0.15, 0.2) is 48.5 Å². The molecule has 0 spiro atoms. The molecule has 0 N–H and O–H groups in total. The SMILES string of the molecule is COc1cccc(O[C@H](C)C(=O)N2CCN(c3ccc(F)cc3)CC2)c1. The summed E-state index contributed by atoms with van der Waals surface area (Å²) >= 11 is 0. The van der Waals surface area contributed by atoms with E-state index in [2.05, 4.69) is 4.90 Å². The number of rotatable bonds is 5. The maximum absolute atomic E-state index is 13.0. The largest absolute Gasteiger partial charge is 0.497 e. The Kier molecular flexibility index (Phi) is 5.61. The first-order valence-corrected chi connectivity index (χ1v) is 8.67. The lowest BCUT2D eigenvalue weighted by Crippen LogP contribution is -2.52. The van der Waals surface area contributed by atoms with Crippen molar-refractivity contribution in [3.05, 3.63) is 54.3 Å². The minimum absolute atomic E-state index is 0.0356. The summed E-state index contributed by atoms with van der Waals surface area (Å²) < 4.78 is 24.0. The summed E-state index contributed by atoms with van der Waals surface area (Å²) in [7, 11) is 1.59. The molecule has 26 heavy (non-hydrogen) atoms. The van der Waals surface area contributed by atoms with E-state index in [0.29, 0.717) is 37.7 Å². The Hall–Kier alpha value is -2.76. The molecule has 0 bridgehead atoms. The zero-order valence-electron chi connectivity index (χ0n) is 15.0. The molecule has 1 heterocycles. The van der Waals surface area contributed by atoms with Crippen LogP contribution in [-0.4, -0.2) is 50.2 Å². The van der Waals surface area contributed by atoms with Crippen molar-refractivity contribution in [1.82, 2.24) is 4.90 Å². The van der Waals surface area contributed by atoms with Crippen LogP contribution >= 0.6 is 0 Å². The van der Waals surface area contributed by atoms with Crippen LogP contribution in [0.1, 0.15) is 6.92 Å². The number of carbonyl (C=O) groups excluding carboxylic acids is 1. The molecule has 1 aliphatic heterocycles. The van der Waals surface area contributed by atoms with E-state index in [4.69, 9.17) is 9.47 Å². The van der Waals surface area contributed by atoms with Crippen LogP contribution < -0.4 is 14.4 Å². The Balaban J connectivity index is 1.54. The van der Waals surface area contributed by atoms with E-state index in [1.165, 1.54) is 12.1 Å². The Morgan fingerprint density at radius 2 is 1.69 bits per heavy atom. The van der Waals surface area contributed by atoms with Gasteiger partial charge in [-0.1, -0.05) is 6.07 Å². The van der Waals surface area contributed by atoms with E-state index in [9.17, 15) is 9.18 Å². The Morgan fingerprint density at radius 3 is 2.35 bits per heavy atom. The van der Waals surface area contributed by atoms with Gasteiger partial charge in [-0.2, -0.15) is 0 Å². The maximum atomic E-state index is 13.0. The number of hydrogen-bond donors (Lipinski definition) is 0. The van der Waals surface area contributed by atoms with Crippen LogP contribution in [0.25, 0.3) is 0 Å². The van der Waals surface area contributed by atoms with E-state index in [1.54, 1.807) is 38.3 Å². The molecule has 0 radical (unpaired) electrons. The number of ether oxygens (including phenoxy) is 2. The van der Waals surface area contributed by atoms with E-state index in [1.807, 2.05) is 17.0 Å². The number of piperazine rings is 1. The van der Waals surface area contributed by atoms with Crippen molar-refractivity contribution in [3.63, 3.8) is 0 Å². The van der Waals surface area contributed by atoms with E-state index in [0.717, 1.165) is 5.69 Å². The third-order valence-electron chi connectivity index (χ3n) is 4.48. The average molecular weight is 358 g/mol. The number of methoxy groups -OCH3 is 1. The molecular weight excluding hydrogens is 335 g/mol. The van der Waals surface area contributed by atoms with Gasteiger partial charge in [-0.15, -0.1) is 0 Å². The molecule has 138 valence electrons. The summed E-state index contributed by atoms with van der Waals surface area (Å²) in [6.45, 7) is 4.41. The zero-order chi connectivity index (χ0) is 18.5. The van der Waals surface area contributed by atoms with Crippen LogP contribution in [0.5, 0.6) is 11.5 Å². The molecule has 3 rings (SSSR count). The second kappa shape index (κ2) is 8.08. The van der Waals surface area contributed by atoms with Gasteiger partial charge in [0.05, 0.1) is 7.11 Å². The second-order valence-corrected chi connectivity index (χ2v) is 6.23. The standard InChI is InChI=1S/C20H23FN2O3/c1-15(26-19-5-3-4-18(14-19)25-2)20(24)23-12-10-22(11-13-23)17-8-6-16(21)7-9-17/h3-9,14-15H,10-13H2,1-2H3/t15-/m1/s1. The summed E-state index contributed by atoms with van der Waals surface area (Å²) in [4.78, 5) is 16.6. The molecule has 5 nitrogen and oxygen atoms in total. The van der Waals surface area contributed by atoms with Crippen molar-refractivity contribution in [2.24, 2.45) is 0 Å². The van der Waals surface area contributed by atoms with Gasteiger partial charge < -0.3 is 19.3 Å². The molecule has 0 aromatic heterocycles. The van der Waals surface area contributed by atoms with Crippen molar-refractivity contribution < 1.29 is 18.7 Å². The number of benzene rings is 2. The van der Waals surface area contributed by atoms with Crippen molar-refractivity contribution >= 4 is 11.6 Å². The van der Waals surface area contributed by atoms with Gasteiger partial charge in [0.15, 0.2) is 6.10 Å². The van der Waals surface area contributed by atoms with Crippen LogP contribution in [-0.2, 0) is 4.79 Å². The Bertz CT molecular complexity index is 743. The zero-order valence-corrected chi connectivity index (χ0v) is 15.0. The fraction of sp³-hybridized carbons (Fsp3) is 0.350. The Morgan fingerprint density at radius 1 is 1.04 bits per heavy atom. The highest BCUT2D eigenvalue weighted by Gasteiger charge is 2.26. The summed E-state index contributed by atoms with van der Waals surface area (Å²) in [6, 6.07) is 13.7. The summed E-state index contributed by atoms with van der Waals surface area (Å²) in [6.07, 6.45) is -0.570. The van der Waals surface area contributed by atoms with E-state index < -0.39 is 6.10 Å². The summed E-state index contributed by atoms with van der Waals surface area (Å²) in [5, 5.41) is 0. The first kappa shape index (κ1) is 18.0. The lowest BCUT2D eigenvalue weighted by Gasteiger charge is -2.37. The normalized spacial score (nSPS) is 15.5. The number of nitrogens with zero attached hydrogens (tertiary/aromatic N) is 2. The lowest BCUT2D eigenvalue weighted by atomic mass is 10.2. The molecular formula is C20H23FN2O3. The highest BCUT2D eigenvalue weighted by molar-refractivity contribution is 5.81. The van der Waals surface area contributed by atoms with E-state index >= 15 is 0 Å². The lowest BCUT2D eigenvalue weighted by molar-refractivity contribution is -0.138. The third kappa shape index (κ3) is 4.25. The minimum Gasteiger partial charge on any atom is -0.497 e. The molecule has 2 aromatic carbocycles. The highest BCUT2D eigenvalue weighted by Crippen LogP contribution is 2.21. The van der Waals surface area contributed by atoms with Crippen LogP contribution in [0, 0.1) is 5.82 Å². The number of carbonyl (C=O) groups is 1. The molecule has 0 aliphatic carbocycles. The van der Waals surface area contributed by atoms with Gasteiger partial charge >= 0.3 is 0 Å². The van der Waals surface area contributed by atoms with Crippen molar-refractivity contribution in [2.75, 3.05) is 38.2 Å². The van der Waals surface area contributed by atoms with Crippen LogP contribution in [0.2, 0.25) is 0 Å². The van der Waals surface area contributed by atoms with Crippen molar-refractivity contribution in [3.8, 4) is 11.5 Å². The fourth-order valence-corrected chi connectivity index (χ4v) is 3.02. The second-order valence-electron chi connectivity index (χ2n) is 6.23. The number of hydrogen-bond acceptors (Lipinski definition) is 4. The molecule has 1 atom stereocenters. The molecule has 0 saturated carbocycles. The maximum Gasteiger partial charge on any atom is 0.263 e. The monoisotopic (exact) mass is 358 g/mol. The molecule has 1 amide bonds. The average Bonchev–Trinajstić information content (AvgIpc) is 2.68. The number of halogens is 1. The molecule has 2 aromatic rings. The van der Waals surface area contributed by atoms with Gasteiger partial charge in [-0.25, -0.2) is 4.39 Å². The van der Waals surface area contributed by atoms with Gasteiger partial charge in [-0.05, 0) is 43.3 Å². The smallest absolute Gasteiger partial charge is 0.263 e. The first-order chi connectivity index (χ1) is 12.6. The van der Waals surface area contributed by atoms with Crippen molar-refractivity contribution in [2.45, 2.75) is 13.0 Å². The summed E-state index contributed by atoms with van der Waals surface area (Å²) in [5.41, 5.74) is 0.971. The van der Waals surface area contributed by atoms with Gasteiger partial charge in [0.1, 0.15) is 17.3 Å². The minimum atomic E-state index is -0.570. The predicted molar refractivity (Wildman–Crippen MR) is 98.3 cm³/mol. The quantitative estimate of drug-likeness (QED) is 0.824. The molecule has 1 fully saturated rings. The van der Waals surface area contributed by atoms with Gasteiger partial charge in [-0.3, -0.25) is 4.79 Å². The molecule has 0 unspecified atom stereocenters. The number of anilines is 1. The predicted octanol–water partition coefficient (Wildman–Crippen LogP) is 2.95. The molecule has 1 aliphatic rings. The van der Waals surface area contributed by atoms with Crippen LogP contribution in [0.4, 0.5) is 10.1 Å². The van der Waals surface area contributed by atoms with Gasteiger partial charge in [0, 0.05) is 37.9 Å². The third-order valence-corrected chi connectivity index (χ3v) is 4.48. The topological polar surface area (TPSA) is 42.0 Å². The van der Waals surface area contributed by atoms with Gasteiger partial charge in [0.25, 0.3) is 5.91 Å². The molecule has 6 heteroatoms. The number of amides is 1. The first-order valence-electron chi connectivity index (χ1n) is 8.67. The highest BCUT2D eigenvalue weighted by atomic mass is 19.1.